The Bertz CT molecular complexity index is 872. The van der Waals surface area contributed by atoms with Crippen molar-refractivity contribution in [1.29, 1.82) is 0 Å². The summed E-state index contributed by atoms with van der Waals surface area (Å²) in [6.07, 6.45) is 4.95. The first-order valence-electron chi connectivity index (χ1n) is 8.69. The zero-order chi connectivity index (χ0) is 18.1. The van der Waals surface area contributed by atoms with Gasteiger partial charge in [-0.25, -0.2) is 0 Å². The second-order valence-corrected chi connectivity index (χ2v) is 7.56. The number of carbonyl (C=O) groups excluding carboxylic acids is 1. The molecule has 0 radical (unpaired) electrons. The number of nitro benzene ring substituents is 1. The second kappa shape index (κ2) is 6.92. The third kappa shape index (κ3) is 3.48. The molecule has 2 heterocycles. The van der Waals surface area contributed by atoms with Gasteiger partial charge in [-0.05, 0) is 48.4 Å². The molecule has 1 saturated carbocycles. The van der Waals surface area contributed by atoms with Gasteiger partial charge in [0.25, 0.3) is 11.6 Å². The van der Waals surface area contributed by atoms with Crippen molar-refractivity contribution in [3.63, 3.8) is 0 Å². The van der Waals surface area contributed by atoms with Crippen molar-refractivity contribution in [3.05, 3.63) is 62.3 Å². The van der Waals surface area contributed by atoms with E-state index in [0.29, 0.717) is 17.8 Å². The van der Waals surface area contributed by atoms with Crippen LogP contribution < -0.4 is 10.2 Å². The monoisotopic (exact) mass is 369 g/mol. The number of nitro groups is 1. The molecule has 2 aromatic rings. The minimum Gasteiger partial charge on any atom is -0.362 e. The molecule has 1 aromatic heterocycles. The van der Waals surface area contributed by atoms with E-state index < -0.39 is 4.92 Å². The number of amides is 1. The molecule has 1 aromatic carbocycles. The molecule has 1 aliphatic carbocycles. The summed E-state index contributed by atoms with van der Waals surface area (Å²) in [5.41, 5.74) is 2.19. The van der Waals surface area contributed by atoms with Crippen LogP contribution in [0.3, 0.4) is 0 Å². The van der Waals surface area contributed by atoms with E-state index in [1.165, 1.54) is 16.5 Å². The number of carbonyl (C=O) groups is 1. The lowest BCUT2D eigenvalue weighted by atomic mass is 10.0. The normalized spacial score (nSPS) is 16.9. The predicted molar refractivity (Wildman–Crippen MR) is 103 cm³/mol. The summed E-state index contributed by atoms with van der Waals surface area (Å²) >= 11 is 1.71. The van der Waals surface area contributed by atoms with Crippen molar-refractivity contribution in [2.75, 3.05) is 18.0 Å². The van der Waals surface area contributed by atoms with Gasteiger partial charge >= 0.3 is 0 Å². The van der Waals surface area contributed by atoms with Crippen LogP contribution in [0.2, 0.25) is 0 Å². The van der Waals surface area contributed by atoms with Crippen molar-refractivity contribution in [3.8, 4) is 0 Å². The van der Waals surface area contributed by atoms with Gasteiger partial charge in [-0.2, -0.15) is 0 Å². The zero-order valence-corrected chi connectivity index (χ0v) is 15.0. The first kappa shape index (κ1) is 16.8. The lowest BCUT2D eigenvalue weighted by molar-refractivity contribution is -0.384. The Kier molecular flexibility index (Phi) is 4.46. The van der Waals surface area contributed by atoms with E-state index in [2.05, 4.69) is 22.8 Å². The largest absolute Gasteiger partial charge is 0.362 e. The van der Waals surface area contributed by atoms with Crippen molar-refractivity contribution >= 4 is 34.2 Å². The third-order valence-electron chi connectivity index (χ3n) is 4.73. The predicted octanol–water partition coefficient (Wildman–Crippen LogP) is 3.84. The SMILES string of the molecule is O=C(NC1CC1)c1ccc(N2CC=C(c3cccs3)CC2)c([N+](=O)[O-])c1. The first-order valence-corrected chi connectivity index (χ1v) is 9.57. The van der Waals surface area contributed by atoms with E-state index >= 15 is 0 Å². The molecule has 0 unspecified atom stereocenters. The summed E-state index contributed by atoms with van der Waals surface area (Å²) in [6, 6.07) is 9.13. The number of hydrogen-bond donors (Lipinski definition) is 1. The number of rotatable bonds is 5. The lowest BCUT2D eigenvalue weighted by Gasteiger charge is -2.28. The maximum atomic E-state index is 12.2. The molecule has 1 aliphatic heterocycles. The first-order chi connectivity index (χ1) is 12.6. The maximum absolute atomic E-state index is 12.2. The van der Waals surface area contributed by atoms with Crippen LogP contribution >= 0.6 is 11.3 Å². The Hall–Kier alpha value is -2.67. The van der Waals surface area contributed by atoms with E-state index in [0.717, 1.165) is 25.8 Å². The van der Waals surface area contributed by atoms with Gasteiger partial charge in [-0.3, -0.25) is 14.9 Å². The minimum absolute atomic E-state index is 0.0126. The Morgan fingerprint density at radius 1 is 1.31 bits per heavy atom. The van der Waals surface area contributed by atoms with Crippen LogP contribution in [-0.2, 0) is 0 Å². The Morgan fingerprint density at radius 3 is 2.77 bits per heavy atom. The number of anilines is 1. The average molecular weight is 369 g/mol. The Balaban J connectivity index is 1.56. The fourth-order valence-corrected chi connectivity index (χ4v) is 3.95. The molecule has 6 nitrogen and oxygen atoms in total. The van der Waals surface area contributed by atoms with Gasteiger partial charge in [0.2, 0.25) is 0 Å². The van der Waals surface area contributed by atoms with Crippen LogP contribution in [0.1, 0.15) is 34.5 Å². The summed E-state index contributed by atoms with van der Waals surface area (Å²) in [6.45, 7) is 1.35. The van der Waals surface area contributed by atoms with Gasteiger partial charge in [0.05, 0.1) is 4.92 Å². The van der Waals surface area contributed by atoms with Crippen molar-refractivity contribution in [2.45, 2.75) is 25.3 Å². The molecule has 2 aliphatic rings. The molecule has 26 heavy (non-hydrogen) atoms. The van der Waals surface area contributed by atoms with Gasteiger partial charge in [-0.1, -0.05) is 12.1 Å². The molecule has 1 fully saturated rings. The van der Waals surface area contributed by atoms with E-state index in [-0.39, 0.29) is 17.6 Å². The summed E-state index contributed by atoms with van der Waals surface area (Å²) in [5.74, 6) is -0.235. The molecule has 0 saturated heterocycles. The fraction of sp³-hybridized carbons (Fsp3) is 0.316. The quantitative estimate of drug-likeness (QED) is 0.642. The summed E-state index contributed by atoms with van der Waals surface area (Å²) in [5, 5.41) is 16.5. The van der Waals surface area contributed by atoms with Crippen LogP contribution in [0.25, 0.3) is 5.57 Å². The van der Waals surface area contributed by atoms with Crippen molar-refractivity contribution in [1.82, 2.24) is 5.32 Å². The van der Waals surface area contributed by atoms with E-state index in [9.17, 15) is 14.9 Å². The number of benzene rings is 1. The topological polar surface area (TPSA) is 75.5 Å². The third-order valence-corrected chi connectivity index (χ3v) is 5.68. The summed E-state index contributed by atoms with van der Waals surface area (Å²) in [7, 11) is 0. The number of nitrogens with one attached hydrogen (secondary N) is 1. The molecule has 4 rings (SSSR count). The highest BCUT2D eigenvalue weighted by molar-refractivity contribution is 7.11. The highest BCUT2D eigenvalue weighted by Gasteiger charge is 2.27. The zero-order valence-electron chi connectivity index (χ0n) is 14.2. The van der Waals surface area contributed by atoms with E-state index in [1.807, 2.05) is 11.0 Å². The molecular formula is C19H19N3O3S. The molecule has 1 N–H and O–H groups in total. The van der Waals surface area contributed by atoms with Gasteiger partial charge in [0.1, 0.15) is 5.69 Å². The number of thiophene rings is 1. The van der Waals surface area contributed by atoms with Crippen LogP contribution in [-0.4, -0.2) is 30.0 Å². The highest BCUT2D eigenvalue weighted by atomic mass is 32.1. The molecule has 7 heteroatoms. The minimum atomic E-state index is -0.401. The molecule has 134 valence electrons. The van der Waals surface area contributed by atoms with Crippen LogP contribution in [0.4, 0.5) is 11.4 Å². The standard InChI is InChI=1S/C19H19N3O3S/c23-19(20-15-4-5-15)14-3-6-16(17(12-14)22(24)25)21-9-7-13(8-10-21)18-2-1-11-26-18/h1-3,6-7,11-12,15H,4-5,8-10H2,(H,20,23). The Labute approximate surface area is 155 Å². The van der Waals surface area contributed by atoms with Crippen molar-refractivity contribution in [2.24, 2.45) is 0 Å². The van der Waals surface area contributed by atoms with Crippen molar-refractivity contribution < 1.29 is 9.72 Å². The van der Waals surface area contributed by atoms with E-state index in [1.54, 1.807) is 23.5 Å². The molecule has 0 atom stereocenters. The van der Waals surface area contributed by atoms with Crippen LogP contribution in [0.15, 0.2) is 41.8 Å². The van der Waals surface area contributed by atoms with Crippen LogP contribution in [0.5, 0.6) is 0 Å². The smallest absolute Gasteiger partial charge is 0.293 e. The Morgan fingerprint density at radius 2 is 2.15 bits per heavy atom. The lowest BCUT2D eigenvalue weighted by Crippen LogP contribution is -2.29. The van der Waals surface area contributed by atoms with Crippen LogP contribution in [0, 0.1) is 10.1 Å². The second-order valence-electron chi connectivity index (χ2n) is 6.61. The maximum Gasteiger partial charge on any atom is 0.293 e. The van der Waals surface area contributed by atoms with Gasteiger partial charge in [-0.15, -0.1) is 11.3 Å². The average Bonchev–Trinajstić information content (AvgIpc) is 3.30. The van der Waals surface area contributed by atoms with Gasteiger partial charge in [0.15, 0.2) is 0 Å². The highest BCUT2D eigenvalue weighted by Crippen LogP contribution is 2.34. The molecule has 1 amide bonds. The van der Waals surface area contributed by atoms with Gasteiger partial charge < -0.3 is 10.2 Å². The number of hydrogen-bond acceptors (Lipinski definition) is 5. The molecule has 0 bridgehead atoms. The fourth-order valence-electron chi connectivity index (χ4n) is 3.15. The molecular weight excluding hydrogens is 350 g/mol. The molecule has 0 spiro atoms. The summed E-state index contributed by atoms with van der Waals surface area (Å²) < 4.78 is 0. The van der Waals surface area contributed by atoms with E-state index in [4.69, 9.17) is 0 Å². The summed E-state index contributed by atoms with van der Waals surface area (Å²) in [4.78, 5) is 26.6. The van der Waals surface area contributed by atoms with Gasteiger partial charge in [0, 0.05) is 35.6 Å². The number of nitrogens with zero attached hydrogens (tertiary/aromatic N) is 2.